The first-order valence-corrected chi connectivity index (χ1v) is 11.4. The van der Waals surface area contributed by atoms with Crippen LogP contribution in [0.2, 0.25) is 0 Å². The molecule has 1 saturated carbocycles. The molecule has 1 aliphatic carbocycles. The van der Waals surface area contributed by atoms with Crippen molar-refractivity contribution in [2.75, 3.05) is 11.4 Å². The van der Waals surface area contributed by atoms with E-state index in [1.807, 2.05) is 35.2 Å². The van der Waals surface area contributed by atoms with E-state index in [2.05, 4.69) is 10.4 Å². The second-order valence-electron chi connectivity index (χ2n) is 8.65. The molecule has 3 aromatic rings. The Morgan fingerprint density at radius 3 is 2.82 bits per heavy atom. The van der Waals surface area contributed by atoms with Crippen molar-refractivity contribution in [3.8, 4) is 11.4 Å². The molecule has 2 aliphatic rings. The van der Waals surface area contributed by atoms with Crippen molar-refractivity contribution < 1.29 is 19.0 Å². The summed E-state index contributed by atoms with van der Waals surface area (Å²) >= 11 is 0. The number of aliphatic hydroxyl groups is 1. The zero-order valence-corrected chi connectivity index (χ0v) is 18.2. The Morgan fingerprint density at radius 2 is 2.03 bits per heavy atom. The summed E-state index contributed by atoms with van der Waals surface area (Å²) in [5.41, 5.74) is 1.98. The fourth-order valence-electron chi connectivity index (χ4n) is 4.58. The van der Waals surface area contributed by atoms with E-state index in [0.29, 0.717) is 30.0 Å². The number of ether oxygens (including phenoxy) is 1. The molecule has 7 nitrogen and oxygen atoms in total. The predicted molar refractivity (Wildman–Crippen MR) is 122 cm³/mol. The third-order valence-electron chi connectivity index (χ3n) is 6.38. The average Bonchev–Trinajstić information content (AvgIpc) is 3.37. The number of halogens is 1. The van der Waals surface area contributed by atoms with Gasteiger partial charge < -0.3 is 20.1 Å². The number of amides is 1. The number of carbonyl (C=O) groups is 1. The molecular formula is C25H27FN4O3. The van der Waals surface area contributed by atoms with Crippen LogP contribution in [0.5, 0.6) is 5.75 Å². The molecule has 5 rings (SSSR count). The van der Waals surface area contributed by atoms with Gasteiger partial charge in [0.2, 0.25) is 0 Å². The number of anilines is 1. The molecule has 2 N–H and O–H groups in total. The molecule has 1 amide bonds. The van der Waals surface area contributed by atoms with Gasteiger partial charge in [-0.25, -0.2) is 9.07 Å². The fourth-order valence-corrected chi connectivity index (χ4v) is 4.58. The van der Waals surface area contributed by atoms with Crippen molar-refractivity contribution in [3.05, 3.63) is 72.3 Å². The summed E-state index contributed by atoms with van der Waals surface area (Å²) in [5, 5.41) is 17.3. The molecule has 1 aromatic heterocycles. The smallest absolute Gasteiger partial charge is 0.263 e. The first-order chi connectivity index (χ1) is 16.1. The maximum Gasteiger partial charge on any atom is 0.263 e. The summed E-state index contributed by atoms with van der Waals surface area (Å²) in [6.45, 7) is 0.577. The van der Waals surface area contributed by atoms with Crippen molar-refractivity contribution in [1.82, 2.24) is 15.1 Å². The molecule has 3 unspecified atom stereocenters. The molecule has 2 aromatic carbocycles. The van der Waals surface area contributed by atoms with Gasteiger partial charge in [-0.15, -0.1) is 0 Å². The van der Waals surface area contributed by atoms with E-state index < -0.39 is 12.2 Å². The monoisotopic (exact) mass is 450 g/mol. The van der Waals surface area contributed by atoms with Crippen LogP contribution in [-0.2, 0) is 11.3 Å². The van der Waals surface area contributed by atoms with E-state index >= 15 is 0 Å². The molecule has 8 heteroatoms. The van der Waals surface area contributed by atoms with E-state index in [4.69, 9.17) is 4.74 Å². The van der Waals surface area contributed by atoms with Gasteiger partial charge in [0.05, 0.1) is 30.1 Å². The molecule has 2 heterocycles. The van der Waals surface area contributed by atoms with Crippen molar-refractivity contribution in [1.29, 1.82) is 0 Å². The summed E-state index contributed by atoms with van der Waals surface area (Å²) in [4.78, 5) is 15.0. The molecule has 1 fully saturated rings. The van der Waals surface area contributed by atoms with Crippen LogP contribution >= 0.6 is 0 Å². The first-order valence-electron chi connectivity index (χ1n) is 11.4. The standard InChI is InChI=1S/C25H27FN4O3/c26-19-14-18(30-13-5-12-27-30)11-10-17(19)15-29-16-24(33-23-9-4-2-7-21(23)29)25(32)28-20-6-1-3-8-22(20)31/h2,4-5,7,9-14,20,22,24,31H,1,3,6,8,15-16H2,(H,28,32). The lowest BCUT2D eigenvalue weighted by Crippen LogP contribution is -2.54. The largest absolute Gasteiger partial charge is 0.477 e. The van der Waals surface area contributed by atoms with Gasteiger partial charge in [-0.2, -0.15) is 5.10 Å². The minimum absolute atomic E-state index is 0.255. The van der Waals surface area contributed by atoms with Gasteiger partial charge in [0, 0.05) is 24.5 Å². The van der Waals surface area contributed by atoms with Crippen LogP contribution in [-0.4, -0.2) is 45.6 Å². The minimum atomic E-state index is -0.750. The van der Waals surface area contributed by atoms with Gasteiger partial charge in [0.15, 0.2) is 6.10 Å². The van der Waals surface area contributed by atoms with Crippen molar-refractivity contribution >= 4 is 11.6 Å². The maximum absolute atomic E-state index is 15.0. The maximum atomic E-state index is 15.0. The number of nitrogens with zero attached hydrogens (tertiary/aromatic N) is 3. The number of hydrogen-bond donors (Lipinski definition) is 2. The minimum Gasteiger partial charge on any atom is -0.477 e. The SMILES string of the molecule is O=C(NC1CCCCC1O)C1CN(Cc2ccc(-n3cccn3)cc2F)c2ccccc2O1. The normalized spacial score (nSPS) is 22.4. The number of aromatic nitrogens is 2. The van der Waals surface area contributed by atoms with Crippen molar-refractivity contribution in [3.63, 3.8) is 0 Å². The molecule has 3 atom stereocenters. The second kappa shape index (κ2) is 9.23. The molecule has 0 radical (unpaired) electrons. The Morgan fingerprint density at radius 1 is 1.18 bits per heavy atom. The highest BCUT2D eigenvalue weighted by molar-refractivity contribution is 5.83. The van der Waals surface area contributed by atoms with Crippen LogP contribution in [0, 0.1) is 5.82 Å². The highest BCUT2D eigenvalue weighted by atomic mass is 19.1. The van der Waals surface area contributed by atoms with E-state index in [1.54, 1.807) is 29.2 Å². The predicted octanol–water partition coefficient (Wildman–Crippen LogP) is 3.20. The number of benzene rings is 2. The molecule has 1 aliphatic heterocycles. The number of hydrogen-bond acceptors (Lipinski definition) is 5. The van der Waals surface area contributed by atoms with E-state index in [-0.39, 0.29) is 24.3 Å². The average molecular weight is 451 g/mol. The number of carbonyl (C=O) groups excluding carboxylic acids is 1. The van der Waals surface area contributed by atoms with Crippen LogP contribution in [0.4, 0.5) is 10.1 Å². The van der Waals surface area contributed by atoms with Gasteiger partial charge in [-0.05, 0) is 43.2 Å². The van der Waals surface area contributed by atoms with Gasteiger partial charge in [0.1, 0.15) is 11.6 Å². The first kappa shape index (κ1) is 21.5. The van der Waals surface area contributed by atoms with Crippen LogP contribution in [0.15, 0.2) is 60.9 Å². The zero-order chi connectivity index (χ0) is 22.8. The number of aliphatic hydroxyl groups excluding tert-OH is 1. The lowest BCUT2D eigenvalue weighted by atomic mass is 9.92. The van der Waals surface area contributed by atoms with Crippen LogP contribution in [0.3, 0.4) is 0 Å². The fraction of sp³-hybridized carbons (Fsp3) is 0.360. The van der Waals surface area contributed by atoms with Gasteiger partial charge in [-0.1, -0.05) is 31.0 Å². The van der Waals surface area contributed by atoms with Gasteiger partial charge in [-0.3, -0.25) is 4.79 Å². The van der Waals surface area contributed by atoms with Crippen LogP contribution < -0.4 is 15.0 Å². The summed E-state index contributed by atoms with van der Waals surface area (Å²) in [5.74, 6) is -0.00470. The lowest BCUT2D eigenvalue weighted by Gasteiger charge is -2.37. The summed E-state index contributed by atoms with van der Waals surface area (Å²) in [6.07, 6.45) is 5.54. The van der Waals surface area contributed by atoms with Crippen molar-refractivity contribution in [2.45, 2.75) is 50.5 Å². The molecule has 0 saturated heterocycles. The topological polar surface area (TPSA) is 79.6 Å². The van der Waals surface area contributed by atoms with E-state index in [1.165, 1.54) is 6.07 Å². The number of fused-ring (bicyclic) bond motifs is 1. The third-order valence-corrected chi connectivity index (χ3v) is 6.38. The molecule has 33 heavy (non-hydrogen) atoms. The Bertz CT molecular complexity index is 1120. The molecule has 0 spiro atoms. The van der Waals surface area contributed by atoms with E-state index in [9.17, 15) is 14.3 Å². The third kappa shape index (κ3) is 4.57. The van der Waals surface area contributed by atoms with Crippen LogP contribution in [0.25, 0.3) is 5.69 Å². The van der Waals surface area contributed by atoms with Crippen molar-refractivity contribution in [2.24, 2.45) is 0 Å². The molecular weight excluding hydrogens is 423 g/mol. The molecule has 0 bridgehead atoms. The van der Waals surface area contributed by atoms with E-state index in [0.717, 1.165) is 24.9 Å². The number of rotatable bonds is 5. The number of para-hydroxylation sites is 2. The Labute approximate surface area is 191 Å². The highest BCUT2D eigenvalue weighted by Gasteiger charge is 2.34. The highest BCUT2D eigenvalue weighted by Crippen LogP contribution is 2.34. The van der Waals surface area contributed by atoms with Crippen LogP contribution in [0.1, 0.15) is 31.2 Å². The summed E-state index contributed by atoms with van der Waals surface area (Å²) in [7, 11) is 0. The molecule has 172 valence electrons. The summed E-state index contributed by atoms with van der Waals surface area (Å²) < 4.78 is 22.6. The Balaban J connectivity index is 1.35. The summed E-state index contributed by atoms with van der Waals surface area (Å²) in [6, 6.07) is 14.0. The Kier molecular flexibility index (Phi) is 6.00. The lowest BCUT2D eigenvalue weighted by molar-refractivity contribution is -0.129. The quantitative estimate of drug-likeness (QED) is 0.624. The Hall–Kier alpha value is -3.39. The van der Waals surface area contributed by atoms with Gasteiger partial charge in [0.25, 0.3) is 5.91 Å². The van der Waals surface area contributed by atoms with Gasteiger partial charge >= 0.3 is 0 Å². The second-order valence-corrected chi connectivity index (χ2v) is 8.65. The number of nitrogens with one attached hydrogen (secondary N) is 1. The zero-order valence-electron chi connectivity index (χ0n) is 18.2.